The molecule has 1 aromatic heterocycles. The van der Waals surface area contributed by atoms with Crippen molar-refractivity contribution in [2.24, 2.45) is 0 Å². The van der Waals surface area contributed by atoms with Crippen LogP contribution >= 0.6 is 0 Å². The number of halogens is 3. The van der Waals surface area contributed by atoms with E-state index >= 15 is 0 Å². The van der Waals surface area contributed by atoms with Crippen molar-refractivity contribution in [3.05, 3.63) is 33.7 Å². The van der Waals surface area contributed by atoms with Gasteiger partial charge in [0, 0.05) is 6.07 Å². The lowest BCUT2D eigenvalue weighted by Crippen LogP contribution is -2.20. The third-order valence-electron chi connectivity index (χ3n) is 1.43. The topological polar surface area (TPSA) is 70.2 Å². The van der Waals surface area contributed by atoms with Crippen LogP contribution in [-0.2, 0) is 6.18 Å². The van der Waals surface area contributed by atoms with Crippen LogP contribution in [0.25, 0.3) is 0 Å². The van der Waals surface area contributed by atoms with Crippen LogP contribution in [0.2, 0.25) is 0 Å². The van der Waals surface area contributed by atoms with E-state index < -0.39 is 29.0 Å². The maximum atomic E-state index is 12.2. The summed E-state index contributed by atoms with van der Waals surface area (Å²) in [6, 6.07) is 1.34. The van der Waals surface area contributed by atoms with Crippen LogP contribution in [0.3, 0.4) is 0 Å². The zero-order valence-electron chi connectivity index (χ0n) is 6.55. The lowest BCUT2D eigenvalue weighted by atomic mass is 10.2. The number of aromatic amines is 1. The van der Waals surface area contributed by atoms with Gasteiger partial charge >= 0.3 is 12.1 Å². The van der Waals surface area contributed by atoms with Gasteiger partial charge in [-0.1, -0.05) is 0 Å². The zero-order chi connectivity index (χ0) is 10.9. The van der Waals surface area contributed by atoms with E-state index in [2.05, 4.69) is 0 Å². The number of hydrogen-bond acceptors (Lipinski definition) is 2. The molecular weight excluding hydrogens is 203 g/mol. The molecule has 1 aromatic rings. The Hall–Kier alpha value is -1.79. The molecule has 0 radical (unpaired) electrons. The summed E-state index contributed by atoms with van der Waals surface area (Å²) in [5, 5.41) is 8.40. The lowest BCUT2D eigenvalue weighted by Gasteiger charge is -2.08. The van der Waals surface area contributed by atoms with E-state index in [0.717, 1.165) is 6.07 Å². The van der Waals surface area contributed by atoms with Gasteiger partial charge in [0.2, 0.25) is 5.56 Å². The standard InChI is InChI=1S/C7H4F3NO3/c8-7(9,10)5-3(6(13)14)1-2-4(12)11-5/h1-2H,(H,11,12)(H,13,14). The molecule has 4 nitrogen and oxygen atoms in total. The van der Waals surface area contributed by atoms with Crippen LogP contribution < -0.4 is 5.56 Å². The average molecular weight is 207 g/mol. The Morgan fingerprint density at radius 1 is 1.36 bits per heavy atom. The summed E-state index contributed by atoms with van der Waals surface area (Å²) in [5.41, 5.74) is -3.52. The molecule has 0 unspecified atom stereocenters. The average Bonchev–Trinajstić information content (AvgIpc) is 2.01. The lowest BCUT2D eigenvalue weighted by molar-refractivity contribution is -0.141. The summed E-state index contributed by atoms with van der Waals surface area (Å²) >= 11 is 0. The number of alkyl halides is 3. The number of pyridine rings is 1. The number of aromatic carboxylic acids is 1. The first-order valence-electron chi connectivity index (χ1n) is 3.36. The van der Waals surface area contributed by atoms with Gasteiger partial charge in [-0.25, -0.2) is 4.79 Å². The fourth-order valence-corrected chi connectivity index (χ4v) is 0.876. The third kappa shape index (κ3) is 1.93. The second-order valence-electron chi connectivity index (χ2n) is 2.41. The Balaban J connectivity index is 3.45. The predicted molar refractivity (Wildman–Crippen MR) is 39.0 cm³/mol. The fourth-order valence-electron chi connectivity index (χ4n) is 0.876. The highest BCUT2D eigenvalue weighted by Crippen LogP contribution is 2.29. The first-order valence-corrected chi connectivity index (χ1v) is 3.36. The molecule has 0 aromatic carbocycles. The van der Waals surface area contributed by atoms with Crippen molar-refractivity contribution >= 4 is 5.97 Å². The van der Waals surface area contributed by atoms with Crippen LogP contribution in [0.15, 0.2) is 16.9 Å². The smallest absolute Gasteiger partial charge is 0.432 e. The van der Waals surface area contributed by atoms with Crippen LogP contribution in [0, 0.1) is 0 Å². The van der Waals surface area contributed by atoms with Crippen LogP contribution in [0.1, 0.15) is 16.1 Å². The molecule has 1 rings (SSSR count). The Kier molecular flexibility index (Phi) is 2.33. The quantitative estimate of drug-likeness (QED) is 0.724. The number of carbonyl (C=O) groups is 1. The van der Waals surface area contributed by atoms with E-state index in [4.69, 9.17) is 5.11 Å². The van der Waals surface area contributed by atoms with Crippen molar-refractivity contribution in [2.45, 2.75) is 6.18 Å². The molecule has 14 heavy (non-hydrogen) atoms. The van der Waals surface area contributed by atoms with Gasteiger partial charge in [-0.3, -0.25) is 4.79 Å². The van der Waals surface area contributed by atoms with Crippen molar-refractivity contribution in [2.75, 3.05) is 0 Å². The van der Waals surface area contributed by atoms with Gasteiger partial charge in [-0.15, -0.1) is 0 Å². The number of H-pyrrole nitrogens is 1. The predicted octanol–water partition coefficient (Wildman–Crippen LogP) is 1.09. The summed E-state index contributed by atoms with van der Waals surface area (Å²) in [5.74, 6) is -1.74. The second kappa shape index (κ2) is 3.17. The number of hydrogen-bond donors (Lipinski definition) is 2. The summed E-state index contributed by atoms with van der Waals surface area (Å²) in [4.78, 5) is 22.4. The SMILES string of the molecule is O=C(O)c1ccc(=O)[nH]c1C(F)(F)F. The molecule has 0 bridgehead atoms. The molecular formula is C7H4F3NO3. The largest absolute Gasteiger partial charge is 0.478 e. The molecule has 0 aliphatic heterocycles. The van der Waals surface area contributed by atoms with Crippen LogP contribution in [0.4, 0.5) is 13.2 Å². The van der Waals surface area contributed by atoms with Gasteiger partial charge in [0.05, 0.1) is 5.56 Å². The van der Waals surface area contributed by atoms with E-state index in [1.165, 1.54) is 4.98 Å². The highest BCUT2D eigenvalue weighted by Gasteiger charge is 2.36. The van der Waals surface area contributed by atoms with Gasteiger partial charge in [0.1, 0.15) is 5.69 Å². The van der Waals surface area contributed by atoms with Crippen LogP contribution in [-0.4, -0.2) is 16.1 Å². The first-order chi connectivity index (χ1) is 6.32. The number of nitrogens with one attached hydrogen (secondary N) is 1. The van der Waals surface area contributed by atoms with E-state index in [1.807, 2.05) is 0 Å². The van der Waals surface area contributed by atoms with Crippen molar-refractivity contribution in [3.8, 4) is 0 Å². The second-order valence-corrected chi connectivity index (χ2v) is 2.41. The summed E-state index contributed by atoms with van der Waals surface area (Å²) in [7, 11) is 0. The number of carboxylic acid groups (broad SMARTS) is 1. The number of aromatic nitrogens is 1. The van der Waals surface area contributed by atoms with E-state index in [-0.39, 0.29) is 0 Å². The van der Waals surface area contributed by atoms with Crippen LogP contribution in [0.5, 0.6) is 0 Å². The highest BCUT2D eigenvalue weighted by molar-refractivity contribution is 5.88. The fraction of sp³-hybridized carbons (Fsp3) is 0.143. The molecule has 0 saturated heterocycles. The molecule has 0 aliphatic rings. The van der Waals surface area contributed by atoms with Crippen molar-refractivity contribution < 1.29 is 23.1 Å². The number of rotatable bonds is 1. The van der Waals surface area contributed by atoms with E-state index in [1.54, 1.807) is 0 Å². The molecule has 0 aliphatic carbocycles. The Morgan fingerprint density at radius 3 is 2.36 bits per heavy atom. The van der Waals surface area contributed by atoms with Gasteiger partial charge in [-0.05, 0) is 6.07 Å². The summed E-state index contributed by atoms with van der Waals surface area (Å²) in [6.07, 6.45) is -4.88. The monoisotopic (exact) mass is 207 g/mol. The Bertz CT molecular complexity index is 421. The molecule has 0 fully saturated rings. The maximum Gasteiger partial charge on any atom is 0.432 e. The molecule has 2 N–H and O–H groups in total. The number of carboxylic acids is 1. The van der Waals surface area contributed by atoms with Crippen molar-refractivity contribution in [3.63, 3.8) is 0 Å². The van der Waals surface area contributed by atoms with E-state index in [9.17, 15) is 22.8 Å². The molecule has 0 spiro atoms. The molecule has 1 heterocycles. The molecule has 0 atom stereocenters. The minimum Gasteiger partial charge on any atom is -0.478 e. The van der Waals surface area contributed by atoms with Gasteiger partial charge in [-0.2, -0.15) is 13.2 Å². The van der Waals surface area contributed by atoms with Crippen molar-refractivity contribution in [1.29, 1.82) is 0 Å². The maximum absolute atomic E-state index is 12.2. The first kappa shape index (κ1) is 10.3. The summed E-state index contributed by atoms with van der Waals surface area (Å²) < 4.78 is 36.5. The molecule has 7 heteroatoms. The molecule has 0 saturated carbocycles. The minimum atomic E-state index is -4.88. The minimum absolute atomic E-state index is 0.615. The normalized spacial score (nSPS) is 11.4. The molecule has 0 amide bonds. The summed E-state index contributed by atoms with van der Waals surface area (Å²) in [6.45, 7) is 0. The van der Waals surface area contributed by atoms with E-state index in [0.29, 0.717) is 6.07 Å². The van der Waals surface area contributed by atoms with Gasteiger partial charge < -0.3 is 10.1 Å². The Morgan fingerprint density at radius 2 is 1.93 bits per heavy atom. The molecule has 76 valence electrons. The third-order valence-corrected chi connectivity index (χ3v) is 1.43. The van der Waals surface area contributed by atoms with Gasteiger partial charge in [0.25, 0.3) is 0 Å². The Labute approximate surface area is 75.0 Å². The van der Waals surface area contributed by atoms with Crippen molar-refractivity contribution in [1.82, 2.24) is 4.98 Å². The highest BCUT2D eigenvalue weighted by atomic mass is 19.4. The zero-order valence-corrected chi connectivity index (χ0v) is 6.55. The van der Waals surface area contributed by atoms with Gasteiger partial charge in [0.15, 0.2) is 0 Å².